The van der Waals surface area contributed by atoms with Crippen LogP contribution in [0.1, 0.15) is 49.9 Å². The van der Waals surface area contributed by atoms with Gasteiger partial charge in [-0.05, 0) is 49.2 Å². The standard InChI is InChI=1S/C34H37FN4O3/c1-4-9-24(10-5-2)36-34(41)26-21-39-28-19-23(22-11-7-6-8-12-22)13-14-29(28)42-33-30(39)25(32(26)40)20-27(35)31(33)38-17-15-37(3)16-18-38/h6-8,11-14,19-21,24H,4-5,9-10,15-18H2,1-3H3,(H,36,41). The van der Waals surface area contributed by atoms with Gasteiger partial charge in [-0.3, -0.25) is 9.59 Å². The summed E-state index contributed by atoms with van der Waals surface area (Å²) in [5.74, 6) is -0.111. The molecule has 0 aliphatic carbocycles. The number of ether oxygens (including phenoxy) is 1. The van der Waals surface area contributed by atoms with Crippen molar-refractivity contribution in [1.29, 1.82) is 0 Å². The molecular formula is C34H37FN4O3. The fourth-order valence-electron chi connectivity index (χ4n) is 6.15. The molecule has 0 spiro atoms. The molecule has 3 heterocycles. The second-order valence-electron chi connectivity index (χ2n) is 11.4. The highest BCUT2D eigenvalue weighted by atomic mass is 19.1. The third-order valence-corrected chi connectivity index (χ3v) is 8.38. The number of hydrogen-bond acceptors (Lipinski definition) is 5. The average molecular weight is 569 g/mol. The quantitative estimate of drug-likeness (QED) is 0.236. The molecule has 1 N–H and O–H groups in total. The maximum atomic E-state index is 16.0. The van der Waals surface area contributed by atoms with Gasteiger partial charge in [0.2, 0.25) is 5.43 Å². The van der Waals surface area contributed by atoms with Crippen LogP contribution < -0.4 is 20.4 Å². The SMILES string of the molecule is CCCC(CCC)NC(=O)c1cn2c3c(c(N4CCN(C)CC4)c(F)cc3c1=O)Oc1ccc(-c3ccccc3)cc1-2. The van der Waals surface area contributed by atoms with E-state index in [0.717, 1.165) is 49.9 Å². The van der Waals surface area contributed by atoms with Gasteiger partial charge in [0.15, 0.2) is 17.3 Å². The fraction of sp³-hybridized carbons (Fsp3) is 0.353. The number of nitrogens with zero attached hydrogens (tertiary/aromatic N) is 3. The Hall–Kier alpha value is -4.17. The van der Waals surface area contributed by atoms with E-state index in [2.05, 4.69) is 24.1 Å². The molecule has 1 amide bonds. The molecule has 0 saturated carbocycles. The van der Waals surface area contributed by atoms with Crippen LogP contribution in [0.4, 0.5) is 10.1 Å². The number of rotatable bonds is 8. The van der Waals surface area contributed by atoms with Gasteiger partial charge in [-0.25, -0.2) is 4.39 Å². The molecule has 8 heteroatoms. The van der Waals surface area contributed by atoms with Gasteiger partial charge in [0.1, 0.15) is 16.8 Å². The highest BCUT2D eigenvalue weighted by Crippen LogP contribution is 2.47. The van der Waals surface area contributed by atoms with E-state index in [0.29, 0.717) is 41.5 Å². The summed E-state index contributed by atoms with van der Waals surface area (Å²) < 4.78 is 24.3. The highest BCUT2D eigenvalue weighted by molar-refractivity contribution is 6.01. The number of hydrogen-bond donors (Lipinski definition) is 1. The monoisotopic (exact) mass is 568 g/mol. The summed E-state index contributed by atoms with van der Waals surface area (Å²) in [7, 11) is 2.05. The molecule has 2 aliphatic rings. The Bertz CT molecular complexity index is 1690. The van der Waals surface area contributed by atoms with E-state index >= 15 is 4.39 Å². The summed E-state index contributed by atoms with van der Waals surface area (Å²) >= 11 is 0. The number of piperazine rings is 1. The minimum Gasteiger partial charge on any atom is -0.451 e. The lowest BCUT2D eigenvalue weighted by molar-refractivity contribution is 0.0931. The first kappa shape index (κ1) is 28.0. The molecular weight excluding hydrogens is 531 g/mol. The van der Waals surface area contributed by atoms with E-state index < -0.39 is 17.2 Å². The number of carbonyl (C=O) groups excluding carboxylic acids is 1. The van der Waals surface area contributed by atoms with Crippen LogP contribution >= 0.6 is 0 Å². The number of nitrogens with one attached hydrogen (secondary N) is 1. The van der Waals surface area contributed by atoms with Crippen LogP contribution in [0.25, 0.3) is 27.7 Å². The van der Waals surface area contributed by atoms with E-state index in [-0.39, 0.29) is 17.0 Å². The molecule has 0 atom stereocenters. The van der Waals surface area contributed by atoms with Crippen molar-refractivity contribution in [3.8, 4) is 28.3 Å². The third kappa shape index (κ3) is 5.04. The van der Waals surface area contributed by atoms with E-state index in [9.17, 15) is 9.59 Å². The molecule has 4 aromatic rings. The van der Waals surface area contributed by atoms with Crippen LogP contribution in [0.5, 0.6) is 11.5 Å². The van der Waals surface area contributed by atoms with E-state index in [4.69, 9.17) is 4.74 Å². The van der Waals surface area contributed by atoms with Crippen molar-refractivity contribution in [3.63, 3.8) is 0 Å². The number of likely N-dealkylation sites (N-methyl/N-ethyl adjacent to an activating group) is 1. The van der Waals surface area contributed by atoms with Crippen molar-refractivity contribution in [2.75, 3.05) is 38.1 Å². The maximum Gasteiger partial charge on any atom is 0.257 e. The van der Waals surface area contributed by atoms with Crippen LogP contribution in [0.3, 0.4) is 0 Å². The summed E-state index contributed by atoms with van der Waals surface area (Å²) in [6.45, 7) is 7.00. The van der Waals surface area contributed by atoms with Gasteiger partial charge in [0.25, 0.3) is 5.91 Å². The van der Waals surface area contributed by atoms with Crippen molar-refractivity contribution in [2.45, 2.75) is 45.6 Å². The highest BCUT2D eigenvalue weighted by Gasteiger charge is 2.32. The van der Waals surface area contributed by atoms with Gasteiger partial charge in [0, 0.05) is 38.4 Å². The first-order valence-corrected chi connectivity index (χ1v) is 14.9. The molecule has 7 nitrogen and oxygen atoms in total. The smallest absolute Gasteiger partial charge is 0.257 e. The Balaban J connectivity index is 1.56. The fourth-order valence-corrected chi connectivity index (χ4v) is 6.15. The predicted octanol–water partition coefficient (Wildman–Crippen LogP) is 6.35. The van der Waals surface area contributed by atoms with E-state index in [1.165, 1.54) is 6.07 Å². The Labute approximate surface area is 245 Å². The number of carbonyl (C=O) groups is 1. The van der Waals surface area contributed by atoms with Crippen molar-refractivity contribution in [2.24, 2.45) is 0 Å². The number of halogens is 1. The molecule has 1 saturated heterocycles. The lowest BCUT2D eigenvalue weighted by atomic mass is 10.0. The molecule has 0 bridgehead atoms. The van der Waals surface area contributed by atoms with Crippen LogP contribution in [-0.4, -0.2) is 54.6 Å². The molecule has 2 aliphatic heterocycles. The zero-order chi connectivity index (χ0) is 29.4. The topological polar surface area (TPSA) is 66.8 Å². The lowest BCUT2D eigenvalue weighted by Gasteiger charge is -2.36. The largest absolute Gasteiger partial charge is 0.451 e. The Morgan fingerprint density at radius 3 is 2.38 bits per heavy atom. The Morgan fingerprint density at radius 2 is 1.69 bits per heavy atom. The van der Waals surface area contributed by atoms with Gasteiger partial charge >= 0.3 is 0 Å². The summed E-state index contributed by atoms with van der Waals surface area (Å²) in [6.07, 6.45) is 5.10. The maximum absolute atomic E-state index is 16.0. The van der Waals surface area contributed by atoms with Gasteiger partial charge < -0.3 is 24.4 Å². The lowest BCUT2D eigenvalue weighted by Crippen LogP contribution is -2.45. The first-order valence-electron chi connectivity index (χ1n) is 14.9. The normalized spacial score (nSPS) is 14.6. The Morgan fingerprint density at radius 1 is 0.976 bits per heavy atom. The average Bonchev–Trinajstić information content (AvgIpc) is 2.99. The zero-order valence-corrected chi connectivity index (χ0v) is 24.5. The number of aromatic nitrogens is 1. The number of amides is 1. The van der Waals surface area contributed by atoms with Crippen LogP contribution in [-0.2, 0) is 0 Å². The summed E-state index contributed by atoms with van der Waals surface area (Å²) in [6, 6.07) is 17.1. The summed E-state index contributed by atoms with van der Waals surface area (Å²) in [5.41, 5.74) is 3.01. The number of pyridine rings is 1. The van der Waals surface area contributed by atoms with Crippen molar-refractivity contribution in [3.05, 3.63) is 82.4 Å². The number of fused-ring (bicyclic) bond motifs is 2. The zero-order valence-electron chi connectivity index (χ0n) is 24.5. The number of anilines is 1. The molecule has 1 aromatic heterocycles. The number of benzene rings is 3. The van der Waals surface area contributed by atoms with E-state index in [1.54, 1.807) is 6.20 Å². The van der Waals surface area contributed by atoms with Crippen molar-refractivity contribution >= 4 is 22.5 Å². The molecule has 1 fully saturated rings. The van der Waals surface area contributed by atoms with Gasteiger partial charge in [-0.2, -0.15) is 0 Å². The van der Waals surface area contributed by atoms with E-state index in [1.807, 2.05) is 65.0 Å². The van der Waals surface area contributed by atoms with Crippen molar-refractivity contribution in [1.82, 2.24) is 14.8 Å². The first-order chi connectivity index (χ1) is 20.4. The third-order valence-electron chi connectivity index (χ3n) is 8.38. The predicted molar refractivity (Wildman–Crippen MR) is 166 cm³/mol. The van der Waals surface area contributed by atoms with Crippen LogP contribution in [0, 0.1) is 5.82 Å². The minimum absolute atomic E-state index is 0.00429. The summed E-state index contributed by atoms with van der Waals surface area (Å²) in [4.78, 5) is 31.7. The molecule has 6 rings (SSSR count). The van der Waals surface area contributed by atoms with Crippen LogP contribution in [0.15, 0.2) is 65.6 Å². The summed E-state index contributed by atoms with van der Waals surface area (Å²) in [5, 5.41) is 3.21. The molecule has 3 aromatic carbocycles. The molecule has 218 valence electrons. The van der Waals surface area contributed by atoms with Crippen molar-refractivity contribution < 1.29 is 13.9 Å². The molecule has 0 radical (unpaired) electrons. The van der Waals surface area contributed by atoms with Crippen LogP contribution in [0.2, 0.25) is 0 Å². The van der Waals surface area contributed by atoms with Gasteiger partial charge in [0.05, 0.1) is 11.1 Å². The Kier molecular flexibility index (Phi) is 7.73. The second-order valence-corrected chi connectivity index (χ2v) is 11.4. The molecule has 0 unspecified atom stereocenters. The molecule has 42 heavy (non-hydrogen) atoms. The van der Waals surface area contributed by atoms with Gasteiger partial charge in [-0.1, -0.05) is 63.1 Å². The second kappa shape index (κ2) is 11.6. The van der Waals surface area contributed by atoms with Gasteiger partial charge in [-0.15, -0.1) is 0 Å². The minimum atomic E-state index is -0.526.